The van der Waals surface area contributed by atoms with Crippen LogP contribution in [0.5, 0.6) is 5.75 Å². The number of hydrogen-bond donors (Lipinski definition) is 1. The highest BCUT2D eigenvalue weighted by Crippen LogP contribution is 2.29. The van der Waals surface area contributed by atoms with Crippen molar-refractivity contribution in [2.75, 3.05) is 6.61 Å². The van der Waals surface area contributed by atoms with E-state index in [9.17, 15) is 10.1 Å². The second-order valence-electron chi connectivity index (χ2n) is 4.00. The van der Waals surface area contributed by atoms with E-state index in [4.69, 9.17) is 27.3 Å². The van der Waals surface area contributed by atoms with Gasteiger partial charge in [0.2, 0.25) is 0 Å². The number of nitrogens with zero attached hydrogens (tertiary/aromatic N) is 2. The van der Waals surface area contributed by atoms with E-state index in [1.54, 1.807) is 6.92 Å². The molecule has 1 aromatic carbocycles. The molecular weight excluding hydrogens is 258 g/mol. The van der Waals surface area contributed by atoms with Crippen molar-refractivity contribution in [1.82, 2.24) is 0 Å². The number of nitriles is 1. The van der Waals surface area contributed by atoms with E-state index < -0.39 is 10.5 Å². The van der Waals surface area contributed by atoms with Crippen LogP contribution in [0.3, 0.4) is 0 Å². The molecule has 0 fully saturated rings. The van der Waals surface area contributed by atoms with Gasteiger partial charge in [0.15, 0.2) is 0 Å². The lowest BCUT2D eigenvalue weighted by Crippen LogP contribution is -2.35. The van der Waals surface area contributed by atoms with Crippen LogP contribution in [-0.2, 0) is 0 Å². The van der Waals surface area contributed by atoms with Crippen molar-refractivity contribution >= 4 is 17.3 Å². The minimum absolute atomic E-state index is 0.106. The molecule has 0 amide bonds. The molecule has 96 valence electrons. The Kier molecular flexibility index (Phi) is 4.48. The van der Waals surface area contributed by atoms with Gasteiger partial charge in [-0.15, -0.1) is 0 Å². The van der Waals surface area contributed by atoms with Gasteiger partial charge in [-0.05, 0) is 13.0 Å². The number of halogens is 1. The van der Waals surface area contributed by atoms with Gasteiger partial charge in [0.25, 0.3) is 5.69 Å². The highest BCUT2D eigenvalue weighted by atomic mass is 35.5. The van der Waals surface area contributed by atoms with Gasteiger partial charge in [0.05, 0.1) is 28.7 Å². The molecule has 0 spiro atoms. The van der Waals surface area contributed by atoms with Gasteiger partial charge in [-0.1, -0.05) is 11.6 Å². The minimum atomic E-state index is -0.993. The Morgan fingerprint density at radius 3 is 2.89 bits per heavy atom. The zero-order chi connectivity index (χ0) is 13.8. The van der Waals surface area contributed by atoms with E-state index in [1.807, 2.05) is 6.07 Å². The largest absolute Gasteiger partial charge is 0.492 e. The summed E-state index contributed by atoms with van der Waals surface area (Å²) >= 11 is 5.84. The fraction of sp³-hybridized carbons (Fsp3) is 0.364. The molecule has 1 rings (SSSR count). The highest BCUT2D eigenvalue weighted by Gasteiger charge is 2.18. The number of benzene rings is 1. The molecule has 1 atom stereocenters. The van der Waals surface area contributed by atoms with Gasteiger partial charge in [-0.3, -0.25) is 10.1 Å². The Balaban J connectivity index is 2.71. The molecule has 1 unspecified atom stereocenters. The summed E-state index contributed by atoms with van der Waals surface area (Å²) in [5.74, 6) is 0.208. The lowest BCUT2D eigenvalue weighted by molar-refractivity contribution is -0.384. The fourth-order valence-corrected chi connectivity index (χ4v) is 1.32. The smallest absolute Gasteiger partial charge is 0.273 e. The maximum absolute atomic E-state index is 10.6. The van der Waals surface area contributed by atoms with Crippen molar-refractivity contribution in [2.45, 2.75) is 18.9 Å². The highest BCUT2D eigenvalue weighted by molar-refractivity contribution is 6.32. The zero-order valence-electron chi connectivity index (χ0n) is 9.72. The predicted molar refractivity (Wildman–Crippen MR) is 66.4 cm³/mol. The summed E-state index contributed by atoms with van der Waals surface area (Å²) in [5, 5.41) is 19.6. The molecular formula is C11H12ClN3O3. The predicted octanol–water partition coefficient (Wildman–Crippen LogP) is 2.26. The molecule has 6 nitrogen and oxygen atoms in total. The Labute approximate surface area is 109 Å². The maximum Gasteiger partial charge on any atom is 0.273 e. The van der Waals surface area contributed by atoms with Crippen LogP contribution < -0.4 is 10.5 Å². The van der Waals surface area contributed by atoms with Gasteiger partial charge < -0.3 is 10.5 Å². The summed E-state index contributed by atoms with van der Waals surface area (Å²) in [6.45, 7) is 1.73. The minimum Gasteiger partial charge on any atom is -0.492 e. The van der Waals surface area contributed by atoms with Gasteiger partial charge in [-0.2, -0.15) is 5.26 Å². The van der Waals surface area contributed by atoms with Crippen LogP contribution in [-0.4, -0.2) is 17.1 Å². The van der Waals surface area contributed by atoms with Crippen LogP contribution in [0.1, 0.15) is 13.3 Å². The Morgan fingerprint density at radius 1 is 1.67 bits per heavy atom. The summed E-state index contributed by atoms with van der Waals surface area (Å²) in [4.78, 5) is 10.1. The number of rotatable bonds is 5. The molecule has 0 heterocycles. The summed E-state index contributed by atoms with van der Waals surface area (Å²) in [6.07, 6.45) is 0.294. The Bertz CT molecular complexity index is 497. The van der Waals surface area contributed by atoms with E-state index in [0.29, 0.717) is 6.42 Å². The third kappa shape index (κ3) is 3.87. The first-order valence-electron chi connectivity index (χ1n) is 5.12. The van der Waals surface area contributed by atoms with Crippen LogP contribution in [0.25, 0.3) is 0 Å². The first-order valence-corrected chi connectivity index (χ1v) is 5.50. The standard InChI is InChI=1S/C11H12ClN3O3/c1-11(14,7-13)4-5-18-10-6-8(15(16)17)2-3-9(10)12/h2-3,6H,4-5,14H2,1H3. The Morgan fingerprint density at radius 2 is 2.33 bits per heavy atom. The third-order valence-electron chi connectivity index (χ3n) is 2.26. The molecule has 0 saturated carbocycles. The summed E-state index contributed by atoms with van der Waals surface area (Å²) in [7, 11) is 0. The van der Waals surface area contributed by atoms with Gasteiger partial charge in [-0.25, -0.2) is 0 Å². The third-order valence-corrected chi connectivity index (χ3v) is 2.57. The van der Waals surface area contributed by atoms with Gasteiger partial charge in [0.1, 0.15) is 11.3 Å². The lowest BCUT2D eigenvalue weighted by atomic mass is 10.0. The lowest BCUT2D eigenvalue weighted by Gasteiger charge is -2.15. The second-order valence-corrected chi connectivity index (χ2v) is 4.41. The van der Waals surface area contributed by atoms with E-state index in [-0.39, 0.29) is 23.1 Å². The zero-order valence-corrected chi connectivity index (χ0v) is 10.5. The number of non-ortho nitro benzene ring substituents is 1. The van der Waals surface area contributed by atoms with Crippen molar-refractivity contribution in [1.29, 1.82) is 5.26 Å². The van der Waals surface area contributed by atoms with Crippen LogP contribution in [0.2, 0.25) is 5.02 Å². The molecule has 0 saturated heterocycles. The summed E-state index contributed by atoms with van der Waals surface area (Å²) < 4.78 is 5.30. The van der Waals surface area contributed by atoms with Crippen molar-refractivity contribution in [3.8, 4) is 11.8 Å². The molecule has 0 radical (unpaired) electrons. The van der Waals surface area contributed by atoms with Crippen LogP contribution in [0.4, 0.5) is 5.69 Å². The van der Waals surface area contributed by atoms with Crippen molar-refractivity contribution in [2.24, 2.45) is 5.73 Å². The first-order chi connectivity index (χ1) is 8.35. The Hall–Kier alpha value is -1.84. The average Bonchev–Trinajstić information content (AvgIpc) is 2.31. The quantitative estimate of drug-likeness (QED) is 0.652. The van der Waals surface area contributed by atoms with Gasteiger partial charge >= 0.3 is 0 Å². The van der Waals surface area contributed by atoms with Crippen LogP contribution >= 0.6 is 11.6 Å². The van der Waals surface area contributed by atoms with E-state index in [1.165, 1.54) is 18.2 Å². The second kappa shape index (κ2) is 5.67. The summed E-state index contributed by atoms with van der Waals surface area (Å²) in [6, 6.07) is 5.85. The molecule has 0 bridgehead atoms. The monoisotopic (exact) mass is 269 g/mol. The SMILES string of the molecule is CC(N)(C#N)CCOc1cc([N+](=O)[O-])ccc1Cl. The number of nitrogens with two attached hydrogens (primary N) is 1. The van der Waals surface area contributed by atoms with Crippen LogP contribution in [0.15, 0.2) is 18.2 Å². The topological polar surface area (TPSA) is 102 Å². The van der Waals surface area contributed by atoms with Crippen LogP contribution in [0, 0.1) is 21.4 Å². The molecule has 0 aliphatic carbocycles. The average molecular weight is 270 g/mol. The van der Waals surface area contributed by atoms with E-state index in [0.717, 1.165) is 0 Å². The molecule has 0 aliphatic rings. The molecule has 2 N–H and O–H groups in total. The molecule has 0 aromatic heterocycles. The first kappa shape index (κ1) is 14.2. The van der Waals surface area contributed by atoms with Crippen molar-refractivity contribution in [3.05, 3.63) is 33.3 Å². The van der Waals surface area contributed by atoms with Crippen molar-refractivity contribution in [3.63, 3.8) is 0 Å². The molecule has 7 heteroatoms. The van der Waals surface area contributed by atoms with E-state index in [2.05, 4.69) is 0 Å². The molecule has 18 heavy (non-hydrogen) atoms. The summed E-state index contributed by atoms with van der Waals surface area (Å²) in [5.41, 5.74) is 4.51. The fourth-order valence-electron chi connectivity index (χ4n) is 1.15. The number of nitro groups is 1. The van der Waals surface area contributed by atoms with Crippen molar-refractivity contribution < 1.29 is 9.66 Å². The maximum atomic E-state index is 10.6. The number of nitro benzene ring substituents is 1. The van der Waals surface area contributed by atoms with E-state index >= 15 is 0 Å². The number of hydrogen-bond acceptors (Lipinski definition) is 5. The van der Waals surface area contributed by atoms with Gasteiger partial charge in [0, 0.05) is 12.5 Å². The molecule has 1 aromatic rings. The normalized spacial score (nSPS) is 13.4. The number of ether oxygens (including phenoxy) is 1. The molecule has 0 aliphatic heterocycles.